The van der Waals surface area contributed by atoms with Crippen molar-refractivity contribution in [3.05, 3.63) is 69.5 Å². The number of nitro benzene ring substituents is 1. The van der Waals surface area contributed by atoms with Crippen LogP contribution in [-0.4, -0.2) is 22.5 Å². The summed E-state index contributed by atoms with van der Waals surface area (Å²) in [7, 11) is 0. The number of carbonyl (C=O) groups excluding carboxylic acids is 1. The van der Waals surface area contributed by atoms with E-state index in [0.29, 0.717) is 17.9 Å². The lowest BCUT2D eigenvalue weighted by Crippen LogP contribution is -2.48. The van der Waals surface area contributed by atoms with Gasteiger partial charge in [-0.25, -0.2) is 4.39 Å². The summed E-state index contributed by atoms with van der Waals surface area (Å²) in [5.74, 6) is -0.475. The van der Waals surface area contributed by atoms with Crippen molar-refractivity contribution in [3.8, 4) is 5.75 Å². The molecule has 0 radical (unpaired) electrons. The molecule has 0 aliphatic rings. The fourth-order valence-electron chi connectivity index (χ4n) is 2.06. The Bertz CT molecular complexity index is 845. The molecule has 0 spiro atoms. The Morgan fingerprint density at radius 2 is 1.93 bits per heavy atom. The van der Waals surface area contributed by atoms with Crippen LogP contribution in [0.25, 0.3) is 0 Å². The molecule has 0 heterocycles. The molecule has 2 rings (SSSR count). The summed E-state index contributed by atoms with van der Waals surface area (Å²) in [5, 5.41) is 13.8. The fraction of sp³-hybridized carbons (Fsp3) is 0.176. The lowest BCUT2D eigenvalue weighted by molar-refractivity contribution is -0.385. The molecule has 3 N–H and O–H groups in total. The van der Waals surface area contributed by atoms with Gasteiger partial charge in [0.15, 0.2) is 11.7 Å². The number of nitrogens with zero attached hydrogens (tertiary/aromatic N) is 1. The Labute approximate surface area is 159 Å². The van der Waals surface area contributed by atoms with Gasteiger partial charge in [0, 0.05) is 18.2 Å². The summed E-state index contributed by atoms with van der Waals surface area (Å²) in [4.78, 5) is 22.0. The molecule has 142 valence electrons. The maximum Gasteiger partial charge on any atom is 0.276 e. The lowest BCUT2D eigenvalue weighted by Gasteiger charge is -2.12. The average molecular weight is 392 g/mol. The maximum atomic E-state index is 12.8. The standard InChI is InChI=1S/C17H17FN4O4S/c1-11-8-14(6-7-15(11)22(24)25)26-10-16(23)20-21-17(27)19-9-12-2-4-13(18)5-3-12/h2-8H,9-10H2,1H3,(H,20,23)(H2,19,21,27). The van der Waals surface area contributed by atoms with Gasteiger partial charge in [-0.1, -0.05) is 12.1 Å². The SMILES string of the molecule is Cc1cc(OCC(=O)NNC(=S)NCc2ccc(F)cc2)ccc1[N+](=O)[O-]. The second-order valence-corrected chi connectivity index (χ2v) is 5.88. The number of hydrazine groups is 1. The summed E-state index contributed by atoms with van der Waals surface area (Å²) in [6.45, 7) is 1.64. The van der Waals surface area contributed by atoms with E-state index in [0.717, 1.165) is 5.56 Å². The number of hydrogen-bond acceptors (Lipinski definition) is 5. The normalized spacial score (nSPS) is 10.0. The third kappa shape index (κ3) is 6.51. The number of benzene rings is 2. The first-order valence-electron chi connectivity index (χ1n) is 7.80. The third-order valence-electron chi connectivity index (χ3n) is 3.42. The Kier molecular flexibility index (Phi) is 7.00. The highest BCUT2D eigenvalue weighted by Crippen LogP contribution is 2.22. The number of nitrogens with one attached hydrogen (secondary N) is 3. The topological polar surface area (TPSA) is 106 Å². The Hall–Kier alpha value is -3.27. The number of rotatable bonds is 6. The van der Waals surface area contributed by atoms with Crippen LogP contribution in [0, 0.1) is 22.9 Å². The highest BCUT2D eigenvalue weighted by molar-refractivity contribution is 7.80. The Morgan fingerprint density at radius 3 is 2.56 bits per heavy atom. The lowest BCUT2D eigenvalue weighted by atomic mass is 10.2. The predicted molar refractivity (Wildman–Crippen MR) is 100 cm³/mol. The van der Waals surface area contributed by atoms with Crippen molar-refractivity contribution in [3.63, 3.8) is 0 Å². The maximum absolute atomic E-state index is 12.8. The number of ether oxygens (including phenoxy) is 1. The van der Waals surface area contributed by atoms with Gasteiger partial charge < -0.3 is 10.1 Å². The van der Waals surface area contributed by atoms with E-state index >= 15 is 0 Å². The van der Waals surface area contributed by atoms with E-state index in [2.05, 4.69) is 16.2 Å². The van der Waals surface area contributed by atoms with E-state index in [1.165, 1.54) is 30.3 Å². The number of aryl methyl sites for hydroxylation is 1. The van der Waals surface area contributed by atoms with Crippen molar-refractivity contribution in [2.75, 3.05) is 6.61 Å². The molecule has 0 fully saturated rings. The van der Waals surface area contributed by atoms with Crippen molar-refractivity contribution in [1.82, 2.24) is 16.2 Å². The highest BCUT2D eigenvalue weighted by Gasteiger charge is 2.11. The van der Waals surface area contributed by atoms with Crippen molar-refractivity contribution in [2.45, 2.75) is 13.5 Å². The second kappa shape index (κ2) is 9.43. The summed E-state index contributed by atoms with van der Waals surface area (Å²) in [6.07, 6.45) is 0. The quantitative estimate of drug-likeness (QED) is 0.393. The zero-order chi connectivity index (χ0) is 19.8. The zero-order valence-electron chi connectivity index (χ0n) is 14.3. The molecule has 2 aromatic carbocycles. The van der Waals surface area contributed by atoms with Gasteiger partial charge in [-0.2, -0.15) is 0 Å². The molecule has 0 aliphatic heterocycles. The summed E-state index contributed by atoms with van der Waals surface area (Å²) >= 11 is 5.02. The van der Waals surface area contributed by atoms with Gasteiger partial charge in [-0.05, 0) is 49.0 Å². The van der Waals surface area contributed by atoms with E-state index in [4.69, 9.17) is 17.0 Å². The van der Waals surface area contributed by atoms with Gasteiger partial charge in [0.1, 0.15) is 11.6 Å². The summed E-state index contributed by atoms with van der Waals surface area (Å²) in [6, 6.07) is 10.1. The molecule has 0 aromatic heterocycles. The molecule has 10 heteroatoms. The molecule has 0 unspecified atom stereocenters. The van der Waals surface area contributed by atoms with Crippen molar-refractivity contribution in [1.29, 1.82) is 0 Å². The first-order chi connectivity index (χ1) is 12.8. The van der Waals surface area contributed by atoms with Crippen molar-refractivity contribution in [2.24, 2.45) is 0 Å². The molecule has 0 saturated heterocycles. The van der Waals surface area contributed by atoms with Crippen LogP contribution < -0.4 is 20.9 Å². The summed E-state index contributed by atoms with van der Waals surface area (Å²) < 4.78 is 18.1. The molecular weight excluding hydrogens is 375 g/mol. The van der Waals surface area contributed by atoms with Crippen LogP contribution in [0.5, 0.6) is 5.75 Å². The van der Waals surface area contributed by atoms with Crippen molar-refractivity contribution >= 4 is 28.9 Å². The van der Waals surface area contributed by atoms with Gasteiger partial charge >= 0.3 is 0 Å². The highest BCUT2D eigenvalue weighted by atomic mass is 32.1. The molecule has 0 aliphatic carbocycles. The van der Waals surface area contributed by atoms with Crippen LogP contribution in [-0.2, 0) is 11.3 Å². The molecule has 0 bridgehead atoms. The molecule has 0 saturated carbocycles. The predicted octanol–water partition coefficient (Wildman–Crippen LogP) is 2.12. The van der Waals surface area contributed by atoms with Crippen LogP contribution in [0.2, 0.25) is 0 Å². The van der Waals surface area contributed by atoms with Gasteiger partial charge in [0.25, 0.3) is 11.6 Å². The van der Waals surface area contributed by atoms with E-state index in [1.54, 1.807) is 19.1 Å². The van der Waals surface area contributed by atoms with Crippen molar-refractivity contribution < 1.29 is 18.8 Å². The number of carbonyl (C=O) groups is 1. The zero-order valence-corrected chi connectivity index (χ0v) is 15.1. The first-order valence-corrected chi connectivity index (χ1v) is 8.21. The molecule has 1 amide bonds. The van der Waals surface area contributed by atoms with Crippen LogP contribution in [0.3, 0.4) is 0 Å². The van der Waals surface area contributed by atoms with Crippen LogP contribution in [0.1, 0.15) is 11.1 Å². The second-order valence-electron chi connectivity index (χ2n) is 5.48. The van der Waals surface area contributed by atoms with Crippen LogP contribution in [0.4, 0.5) is 10.1 Å². The minimum absolute atomic E-state index is 0.0222. The van der Waals surface area contributed by atoms with Gasteiger partial charge in [0.2, 0.25) is 0 Å². The van der Waals surface area contributed by atoms with E-state index < -0.39 is 10.8 Å². The van der Waals surface area contributed by atoms with E-state index in [1.807, 2.05) is 0 Å². The third-order valence-corrected chi connectivity index (χ3v) is 3.66. The number of hydrogen-bond donors (Lipinski definition) is 3. The molecule has 27 heavy (non-hydrogen) atoms. The summed E-state index contributed by atoms with van der Waals surface area (Å²) in [5.41, 5.74) is 6.10. The smallest absolute Gasteiger partial charge is 0.276 e. The largest absolute Gasteiger partial charge is 0.484 e. The number of amides is 1. The van der Waals surface area contributed by atoms with Crippen LogP contribution in [0.15, 0.2) is 42.5 Å². The molecule has 8 nitrogen and oxygen atoms in total. The monoisotopic (exact) mass is 392 g/mol. The number of halogens is 1. The number of thiocarbonyl (C=S) groups is 1. The molecular formula is C17H17FN4O4S. The minimum atomic E-state index is -0.490. The van der Waals surface area contributed by atoms with E-state index in [-0.39, 0.29) is 23.2 Å². The first kappa shape index (κ1) is 20.0. The minimum Gasteiger partial charge on any atom is -0.484 e. The van der Waals surface area contributed by atoms with Crippen LogP contribution >= 0.6 is 12.2 Å². The van der Waals surface area contributed by atoms with Gasteiger partial charge in [0.05, 0.1) is 4.92 Å². The van der Waals surface area contributed by atoms with Gasteiger partial charge in [-0.15, -0.1) is 0 Å². The Morgan fingerprint density at radius 1 is 1.22 bits per heavy atom. The fourth-order valence-corrected chi connectivity index (χ4v) is 2.19. The van der Waals surface area contributed by atoms with E-state index in [9.17, 15) is 19.3 Å². The number of nitro groups is 1. The van der Waals surface area contributed by atoms with Gasteiger partial charge in [-0.3, -0.25) is 25.8 Å². The average Bonchev–Trinajstić information content (AvgIpc) is 2.64. The Balaban J connectivity index is 1.71. The molecule has 2 aromatic rings. The molecule has 0 atom stereocenters.